The third-order valence-electron chi connectivity index (χ3n) is 1.83. The predicted octanol–water partition coefficient (Wildman–Crippen LogP) is -0.166. The Morgan fingerprint density at radius 1 is 0.938 bits per heavy atom. The standard InChI is InChI=1S/C9H21NO4S2/c1-9(2,3)10-5-6-16(13,14)8-7-15(4,11)12/h10H,5-8H2,1-4H3. The maximum Gasteiger partial charge on any atom is 0.152 e. The Labute approximate surface area is 98.5 Å². The Balaban J connectivity index is 4.08. The lowest BCUT2D eigenvalue weighted by atomic mass is 10.1. The van der Waals surface area contributed by atoms with Gasteiger partial charge in [-0.1, -0.05) is 0 Å². The Bertz CT molecular complexity index is 403. The lowest BCUT2D eigenvalue weighted by Gasteiger charge is -2.20. The van der Waals surface area contributed by atoms with Gasteiger partial charge in [0.05, 0.1) is 17.3 Å². The van der Waals surface area contributed by atoms with Crippen molar-refractivity contribution >= 4 is 19.7 Å². The molecule has 0 heterocycles. The smallest absolute Gasteiger partial charge is 0.152 e. The normalized spacial score (nSPS) is 14.0. The highest BCUT2D eigenvalue weighted by molar-refractivity contribution is 7.94. The maximum absolute atomic E-state index is 11.5. The summed E-state index contributed by atoms with van der Waals surface area (Å²) in [4.78, 5) is 0. The Kier molecular flexibility index (Phi) is 5.41. The van der Waals surface area contributed by atoms with Crippen LogP contribution in [-0.4, -0.2) is 52.4 Å². The molecule has 0 spiro atoms. The zero-order valence-electron chi connectivity index (χ0n) is 10.3. The fourth-order valence-corrected chi connectivity index (χ4v) is 3.81. The number of hydrogen-bond acceptors (Lipinski definition) is 5. The van der Waals surface area contributed by atoms with E-state index in [1.165, 1.54) is 0 Å². The molecular formula is C9H21NO4S2. The van der Waals surface area contributed by atoms with E-state index in [2.05, 4.69) is 5.32 Å². The van der Waals surface area contributed by atoms with E-state index in [9.17, 15) is 16.8 Å². The van der Waals surface area contributed by atoms with Gasteiger partial charge in [0, 0.05) is 18.3 Å². The third kappa shape index (κ3) is 10.4. The van der Waals surface area contributed by atoms with Crippen LogP contribution in [0.4, 0.5) is 0 Å². The molecule has 0 aromatic carbocycles. The van der Waals surface area contributed by atoms with Crippen molar-refractivity contribution in [3.63, 3.8) is 0 Å². The van der Waals surface area contributed by atoms with Gasteiger partial charge in [-0.25, -0.2) is 16.8 Å². The molecule has 0 bridgehead atoms. The SMILES string of the molecule is CC(C)(C)NCCS(=O)(=O)CCS(C)(=O)=O. The van der Waals surface area contributed by atoms with E-state index in [1.807, 2.05) is 20.8 Å². The van der Waals surface area contributed by atoms with Gasteiger partial charge in [0.25, 0.3) is 0 Å². The Morgan fingerprint density at radius 2 is 1.44 bits per heavy atom. The molecule has 7 heteroatoms. The van der Waals surface area contributed by atoms with Crippen LogP contribution in [0.2, 0.25) is 0 Å². The largest absolute Gasteiger partial charge is 0.311 e. The van der Waals surface area contributed by atoms with E-state index in [0.717, 1.165) is 6.26 Å². The van der Waals surface area contributed by atoms with Crippen LogP contribution < -0.4 is 5.32 Å². The summed E-state index contributed by atoms with van der Waals surface area (Å²) >= 11 is 0. The molecule has 5 nitrogen and oxygen atoms in total. The van der Waals surface area contributed by atoms with Gasteiger partial charge in [0.2, 0.25) is 0 Å². The number of hydrogen-bond donors (Lipinski definition) is 1. The van der Waals surface area contributed by atoms with Gasteiger partial charge in [0.1, 0.15) is 9.84 Å². The molecule has 16 heavy (non-hydrogen) atoms. The van der Waals surface area contributed by atoms with Crippen molar-refractivity contribution in [3.05, 3.63) is 0 Å². The Morgan fingerprint density at radius 3 is 1.81 bits per heavy atom. The fourth-order valence-electron chi connectivity index (χ4n) is 0.962. The van der Waals surface area contributed by atoms with Gasteiger partial charge in [-0.15, -0.1) is 0 Å². The van der Waals surface area contributed by atoms with Crippen molar-refractivity contribution in [1.29, 1.82) is 0 Å². The molecule has 0 aromatic heterocycles. The van der Waals surface area contributed by atoms with Gasteiger partial charge in [-0.3, -0.25) is 0 Å². The summed E-state index contributed by atoms with van der Waals surface area (Å²) in [5, 5.41) is 3.05. The number of nitrogens with one attached hydrogen (secondary N) is 1. The predicted molar refractivity (Wildman–Crippen MR) is 66.1 cm³/mol. The van der Waals surface area contributed by atoms with E-state index in [4.69, 9.17) is 0 Å². The summed E-state index contributed by atoms with van der Waals surface area (Å²) in [5.41, 5.74) is -0.133. The van der Waals surface area contributed by atoms with Crippen LogP contribution in [0, 0.1) is 0 Å². The van der Waals surface area contributed by atoms with Gasteiger partial charge < -0.3 is 5.32 Å². The zero-order chi connectivity index (χ0) is 13.0. The maximum atomic E-state index is 11.5. The third-order valence-corrected chi connectivity index (χ3v) is 4.69. The van der Waals surface area contributed by atoms with Crippen molar-refractivity contribution in [1.82, 2.24) is 5.32 Å². The van der Waals surface area contributed by atoms with Crippen LogP contribution in [-0.2, 0) is 19.7 Å². The molecular weight excluding hydrogens is 250 g/mol. The summed E-state index contributed by atoms with van der Waals surface area (Å²) in [7, 11) is -6.49. The Hall–Kier alpha value is -0.140. The zero-order valence-corrected chi connectivity index (χ0v) is 11.9. The molecule has 0 aliphatic rings. The van der Waals surface area contributed by atoms with E-state index >= 15 is 0 Å². The van der Waals surface area contributed by atoms with Crippen molar-refractivity contribution in [2.24, 2.45) is 0 Å². The average Bonchev–Trinajstić information content (AvgIpc) is 1.97. The number of rotatable bonds is 6. The van der Waals surface area contributed by atoms with Crippen LogP contribution in [0.3, 0.4) is 0 Å². The molecule has 0 aliphatic heterocycles. The molecule has 0 radical (unpaired) electrons. The molecule has 0 saturated heterocycles. The van der Waals surface area contributed by atoms with E-state index in [-0.39, 0.29) is 22.8 Å². The summed E-state index contributed by atoms with van der Waals surface area (Å²) in [6.45, 7) is 6.16. The van der Waals surface area contributed by atoms with Crippen LogP contribution >= 0.6 is 0 Å². The van der Waals surface area contributed by atoms with Gasteiger partial charge in [0.15, 0.2) is 9.84 Å². The highest BCUT2D eigenvalue weighted by Gasteiger charge is 2.16. The van der Waals surface area contributed by atoms with Crippen LogP contribution in [0.1, 0.15) is 20.8 Å². The summed E-state index contributed by atoms with van der Waals surface area (Å²) < 4.78 is 44.6. The van der Waals surface area contributed by atoms with Crippen LogP contribution in [0.5, 0.6) is 0 Å². The monoisotopic (exact) mass is 271 g/mol. The lowest BCUT2D eigenvalue weighted by Crippen LogP contribution is -2.39. The second-order valence-electron chi connectivity index (χ2n) is 4.96. The first-order chi connectivity index (χ1) is 6.91. The molecule has 0 atom stereocenters. The molecule has 0 aromatic rings. The van der Waals surface area contributed by atoms with Crippen LogP contribution in [0.25, 0.3) is 0 Å². The molecule has 98 valence electrons. The fraction of sp³-hybridized carbons (Fsp3) is 1.00. The van der Waals surface area contributed by atoms with Crippen molar-refractivity contribution in [2.75, 3.05) is 30.1 Å². The molecule has 0 rings (SSSR count). The van der Waals surface area contributed by atoms with E-state index in [1.54, 1.807) is 0 Å². The molecule has 0 aliphatic carbocycles. The van der Waals surface area contributed by atoms with Gasteiger partial charge in [-0.05, 0) is 20.8 Å². The molecule has 0 amide bonds. The minimum Gasteiger partial charge on any atom is -0.311 e. The second-order valence-corrected chi connectivity index (χ2v) is 9.52. The quantitative estimate of drug-likeness (QED) is 0.726. The number of sulfone groups is 2. The van der Waals surface area contributed by atoms with Crippen molar-refractivity contribution in [3.8, 4) is 0 Å². The van der Waals surface area contributed by atoms with Crippen LogP contribution in [0.15, 0.2) is 0 Å². The highest BCUT2D eigenvalue weighted by atomic mass is 32.2. The van der Waals surface area contributed by atoms with E-state index < -0.39 is 19.7 Å². The molecule has 0 fully saturated rings. The first-order valence-electron chi connectivity index (χ1n) is 5.04. The van der Waals surface area contributed by atoms with Crippen molar-refractivity contribution < 1.29 is 16.8 Å². The first-order valence-corrected chi connectivity index (χ1v) is 8.93. The summed E-state index contributed by atoms with van der Waals surface area (Å²) in [5.74, 6) is -0.623. The minimum absolute atomic E-state index is 0.0280. The summed E-state index contributed by atoms with van der Waals surface area (Å²) in [6.07, 6.45) is 1.04. The lowest BCUT2D eigenvalue weighted by molar-refractivity contribution is 0.439. The summed E-state index contributed by atoms with van der Waals surface area (Å²) in [6, 6.07) is 0. The van der Waals surface area contributed by atoms with Gasteiger partial charge >= 0.3 is 0 Å². The minimum atomic E-state index is -3.28. The first kappa shape index (κ1) is 15.9. The van der Waals surface area contributed by atoms with E-state index in [0.29, 0.717) is 6.54 Å². The molecule has 0 saturated carbocycles. The highest BCUT2D eigenvalue weighted by Crippen LogP contribution is 1.99. The van der Waals surface area contributed by atoms with Gasteiger partial charge in [-0.2, -0.15) is 0 Å². The van der Waals surface area contributed by atoms with Crippen molar-refractivity contribution in [2.45, 2.75) is 26.3 Å². The molecule has 1 N–H and O–H groups in total. The molecule has 0 unspecified atom stereocenters. The average molecular weight is 271 g/mol. The topological polar surface area (TPSA) is 80.3 Å². The second kappa shape index (κ2) is 5.46.